The predicted octanol–water partition coefficient (Wildman–Crippen LogP) is 2.22. The molecule has 1 aliphatic heterocycles. The van der Waals surface area contributed by atoms with Gasteiger partial charge in [-0.15, -0.1) is 13.2 Å². The van der Waals surface area contributed by atoms with Crippen molar-refractivity contribution >= 4 is 17.5 Å². The number of ether oxygens (including phenoxy) is 1. The normalized spacial score (nSPS) is 21.4. The maximum atomic E-state index is 12.3. The van der Waals surface area contributed by atoms with Crippen molar-refractivity contribution in [1.82, 2.24) is 5.32 Å². The summed E-state index contributed by atoms with van der Waals surface area (Å²) in [5.41, 5.74) is 0.319. The van der Waals surface area contributed by atoms with Crippen molar-refractivity contribution in [2.75, 3.05) is 11.4 Å². The number of amides is 2. The van der Waals surface area contributed by atoms with Crippen LogP contribution in [0, 0.1) is 5.92 Å². The smallest absolute Gasteiger partial charge is 0.406 e. The van der Waals surface area contributed by atoms with Gasteiger partial charge in [0.15, 0.2) is 0 Å². The van der Waals surface area contributed by atoms with Crippen LogP contribution in [0.5, 0.6) is 5.75 Å². The second-order valence-electron chi connectivity index (χ2n) is 5.66. The summed E-state index contributed by atoms with van der Waals surface area (Å²) in [4.78, 5) is 25.4. The highest BCUT2D eigenvalue weighted by molar-refractivity contribution is 6.01. The van der Waals surface area contributed by atoms with E-state index in [1.54, 1.807) is 0 Å². The zero-order chi connectivity index (χ0) is 16.6. The maximum Gasteiger partial charge on any atom is 0.573 e. The van der Waals surface area contributed by atoms with Gasteiger partial charge in [0.25, 0.3) is 0 Å². The summed E-state index contributed by atoms with van der Waals surface area (Å²) in [6.45, 7) is 0.337. The highest BCUT2D eigenvalue weighted by Gasteiger charge is 2.38. The van der Waals surface area contributed by atoms with Gasteiger partial charge in [-0.05, 0) is 31.4 Å². The van der Waals surface area contributed by atoms with Gasteiger partial charge in [0.1, 0.15) is 11.8 Å². The minimum Gasteiger partial charge on any atom is -0.406 e. The van der Waals surface area contributed by atoms with Crippen LogP contribution in [0.25, 0.3) is 0 Å². The summed E-state index contributed by atoms with van der Waals surface area (Å²) in [6, 6.07) is 4.64. The third-order valence-corrected chi connectivity index (χ3v) is 3.83. The molecule has 5 nitrogen and oxygen atoms in total. The van der Waals surface area contributed by atoms with E-state index in [2.05, 4.69) is 10.1 Å². The van der Waals surface area contributed by atoms with Crippen LogP contribution in [0.15, 0.2) is 24.3 Å². The molecule has 1 saturated heterocycles. The van der Waals surface area contributed by atoms with Crippen LogP contribution in [0.4, 0.5) is 18.9 Å². The van der Waals surface area contributed by atoms with Gasteiger partial charge in [0.2, 0.25) is 11.8 Å². The highest BCUT2D eigenvalue weighted by Crippen LogP contribution is 2.31. The van der Waals surface area contributed by atoms with Gasteiger partial charge in [0.05, 0.1) is 0 Å². The second-order valence-corrected chi connectivity index (χ2v) is 5.66. The van der Waals surface area contributed by atoms with Gasteiger partial charge in [-0.25, -0.2) is 0 Å². The van der Waals surface area contributed by atoms with E-state index in [4.69, 9.17) is 0 Å². The Morgan fingerprint density at radius 3 is 2.65 bits per heavy atom. The molecule has 1 saturated carbocycles. The minimum atomic E-state index is -4.78. The second kappa shape index (κ2) is 5.75. The number of halogens is 3. The summed E-state index contributed by atoms with van der Waals surface area (Å²) in [5.74, 6) is -0.823. The number of carbonyl (C=O) groups excluding carboxylic acids is 2. The van der Waals surface area contributed by atoms with Crippen molar-refractivity contribution in [3.8, 4) is 5.75 Å². The summed E-state index contributed by atoms with van der Waals surface area (Å²) in [6.07, 6.45) is -2.67. The Morgan fingerprint density at radius 1 is 1.26 bits per heavy atom. The number of anilines is 1. The van der Waals surface area contributed by atoms with Gasteiger partial charge in [-0.2, -0.15) is 0 Å². The lowest BCUT2D eigenvalue weighted by Crippen LogP contribution is -2.42. The van der Waals surface area contributed by atoms with Crippen molar-refractivity contribution in [1.29, 1.82) is 0 Å². The Bertz CT molecular complexity index is 629. The Hall–Kier alpha value is -2.25. The molecule has 2 fully saturated rings. The van der Waals surface area contributed by atoms with Crippen LogP contribution in [0.3, 0.4) is 0 Å². The number of hydrogen-bond acceptors (Lipinski definition) is 3. The highest BCUT2D eigenvalue weighted by atomic mass is 19.4. The first-order valence-corrected chi connectivity index (χ1v) is 7.31. The topological polar surface area (TPSA) is 58.6 Å². The molecule has 1 aliphatic carbocycles. The molecular weight excluding hydrogens is 313 g/mol. The fourth-order valence-electron chi connectivity index (χ4n) is 2.55. The number of rotatable bonds is 4. The molecule has 23 heavy (non-hydrogen) atoms. The van der Waals surface area contributed by atoms with Gasteiger partial charge in [0, 0.05) is 24.2 Å². The van der Waals surface area contributed by atoms with Crippen LogP contribution in [-0.2, 0) is 9.59 Å². The molecule has 0 aromatic heterocycles. The molecule has 0 bridgehead atoms. The molecule has 1 N–H and O–H groups in total. The Balaban J connectivity index is 1.68. The van der Waals surface area contributed by atoms with Crippen LogP contribution < -0.4 is 15.0 Å². The van der Waals surface area contributed by atoms with Gasteiger partial charge >= 0.3 is 6.36 Å². The van der Waals surface area contributed by atoms with Crippen LogP contribution in [0.2, 0.25) is 0 Å². The summed E-state index contributed by atoms with van der Waals surface area (Å²) >= 11 is 0. The third kappa shape index (κ3) is 3.75. The minimum absolute atomic E-state index is 0.000337. The average Bonchev–Trinajstić information content (AvgIpc) is 3.24. The molecule has 2 amide bonds. The predicted molar refractivity (Wildman–Crippen MR) is 74.7 cm³/mol. The molecule has 0 spiro atoms. The molecule has 1 atom stereocenters. The molecule has 1 aromatic carbocycles. The summed E-state index contributed by atoms with van der Waals surface area (Å²) in [5, 5.41) is 2.70. The first-order valence-electron chi connectivity index (χ1n) is 7.31. The van der Waals surface area contributed by atoms with E-state index < -0.39 is 12.4 Å². The number of alkyl halides is 3. The van der Waals surface area contributed by atoms with Crippen molar-refractivity contribution in [2.24, 2.45) is 5.92 Å². The molecule has 0 radical (unpaired) electrons. The zero-order valence-corrected chi connectivity index (χ0v) is 12.1. The van der Waals surface area contributed by atoms with Gasteiger partial charge in [-0.3, -0.25) is 9.59 Å². The molecule has 2 aliphatic rings. The van der Waals surface area contributed by atoms with Crippen LogP contribution in [-0.4, -0.2) is 30.8 Å². The Morgan fingerprint density at radius 2 is 2.00 bits per heavy atom. The number of benzene rings is 1. The average molecular weight is 328 g/mol. The van der Waals surface area contributed by atoms with Crippen molar-refractivity contribution in [3.63, 3.8) is 0 Å². The van der Waals surface area contributed by atoms with E-state index in [0.717, 1.165) is 18.9 Å². The number of carbonyl (C=O) groups is 2. The monoisotopic (exact) mass is 328 g/mol. The lowest BCUT2D eigenvalue weighted by Gasteiger charge is -2.18. The molecule has 0 unspecified atom stereocenters. The van der Waals surface area contributed by atoms with E-state index in [0.29, 0.717) is 18.7 Å². The fourth-order valence-corrected chi connectivity index (χ4v) is 2.55. The van der Waals surface area contributed by atoms with Crippen molar-refractivity contribution in [2.45, 2.75) is 31.7 Å². The van der Waals surface area contributed by atoms with Crippen molar-refractivity contribution < 1.29 is 27.5 Å². The number of nitrogens with zero attached hydrogens (tertiary/aromatic N) is 1. The van der Waals surface area contributed by atoms with Crippen LogP contribution >= 0.6 is 0 Å². The lowest BCUT2D eigenvalue weighted by atomic mass is 10.2. The number of nitrogens with one attached hydrogen (secondary N) is 1. The molecule has 1 heterocycles. The van der Waals surface area contributed by atoms with E-state index in [1.807, 2.05) is 0 Å². The summed E-state index contributed by atoms with van der Waals surface area (Å²) < 4.78 is 40.7. The Kier molecular flexibility index (Phi) is 3.91. The van der Waals surface area contributed by atoms with Gasteiger partial charge in [-0.1, -0.05) is 6.07 Å². The van der Waals surface area contributed by atoms with Crippen molar-refractivity contribution in [3.05, 3.63) is 24.3 Å². The maximum absolute atomic E-state index is 12.3. The molecular formula is C15H15F3N2O3. The van der Waals surface area contributed by atoms with E-state index in [9.17, 15) is 22.8 Å². The summed E-state index contributed by atoms with van der Waals surface area (Å²) in [7, 11) is 0. The van der Waals surface area contributed by atoms with Crippen LogP contribution in [0.1, 0.15) is 19.3 Å². The molecule has 124 valence electrons. The number of hydrogen-bond donors (Lipinski definition) is 1. The third-order valence-electron chi connectivity index (χ3n) is 3.83. The molecule has 1 aromatic rings. The van der Waals surface area contributed by atoms with Gasteiger partial charge < -0.3 is 15.0 Å². The largest absolute Gasteiger partial charge is 0.573 e. The first-order chi connectivity index (χ1) is 10.8. The molecule has 3 rings (SSSR count). The fraction of sp³-hybridized carbons (Fsp3) is 0.467. The standard InChI is InChI=1S/C15H15F3N2O3/c16-15(17,18)23-11-3-1-2-10(8-11)20-7-6-12(14(20)22)19-13(21)9-4-5-9/h1-3,8-9,12H,4-7H2,(H,19,21)/t12-/m1/s1. The quantitative estimate of drug-likeness (QED) is 0.922. The van der Waals surface area contributed by atoms with E-state index >= 15 is 0 Å². The van der Waals surface area contributed by atoms with E-state index in [1.165, 1.54) is 23.1 Å². The zero-order valence-electron chi connectivity index (χ0n) is 12.1. The SMILES string of the molecule is O=C(N[C@@H]1CCN(c2cccc(OC(F)(F)F)c2)C1=O)C1CC1. The van der Waals surface area contributed by atoms with E-state index in [-0.39, 0.29) is 23.5 Å². The molecule has 8 heteroatoms. The lowest BCUT2D eigenvalue weighted by molar-refractivity contribution is -0.274. The Labute approximate surface area is 130 Å². The first kappa shape index (κ1) is 15.6.